The van der Waals surface area contributed by atoms with Gasteiger partial charge in [0.1, 0.15) is 5.52 Å². The number of benzene rings is 2. The molecule has 6 rings (SSSR count). The molecule has 2 aromatic carbocycles. The van der Waals surface area contributed by atoms with E-state index in [4.69, 9.17) is 0 Å². The minimum absolute atomic E-state index is 0.140. The van der Waals surface area contributed by atoms with Gasteiger partial charge < -0.3 is 19.8 Å². The van der Waals surface area contributed by atoms with Gasteiger partial charge in [0.05, 0.1) is 40.9 Å². The van der Waals surface area contributed by atoms with Gasteiger partial charge in [0, 0.05) is 47.3 Å². The molecule has 46 heavy (non-hydrogen) atoms. The van der Waals surface area contributed by atoms with Gasteiger partial charge in [0.15, 0.2) is 0 Å². The first kappa shape index (κ1) is 30.2. The topological polar surface area (TPSA) is 120 Å². The van der Waals surface area contributed by atoms with Gasteiger partial charge in [-0.15, -0.1) is 0 Å². The molecule has 0 unspecified atom stereocenters. The zero-order valence-corrected chi connectivity index (χ0v) is 25.1. The smallest absolute Gasteiger partial charge is 0.323 e. The van der Waals surface area contributed by atoms with Crippen LogP contribution >= 0.6 is 0 Å². The Morgan fingerprint density at radius 1 is 0.870 bits per heavy atom. The number of aromatic nitrogens is 6. The largest absolute Gasteiger partial charge is 0.418 e. The Hall–Kier alpha value is -5.85. The van der Waals surface area contributed by atoms with E-state index in [1.165, 1.54) is 33.8 Å². The Bertz CT molecular complexity index is 2190. The average molecular weight is 625 g/mol. The number of hydrogen-bond donors (Lipinski definition) is 2. The molecular formula is C33H27F3N8O2. The van der Waals surface area contributed by atoms with Crippen molar-refractivity contribution in [1.29, 1.82) is 0 Å². The number of nitrogens with one attached hydrogen (secondary N) is 2. The third kappa shape index (κ3) is 5.94. The minimum atomic E-state index is -4.71. The molecule has 0 radical (unpaired) electrons. The van der Waals surface area contributed by atoms with Crippen LogP contribution in [0.3, 0.4) is 0 Å². The number of nitrogens with zero attached hydrogens (tertiary/aromatic N) is 6. The van der Waals surface area contributed by atoms with Crippen LogP contribution in [0.1, 0.15) is 32.9 Å². The van der Waals surface area contributed by atoms with Gasteiger partial charge in [0.25, 0.3) is 11.5 Å². The second-order valence-corrected chi connectivity index (χ2v) is 10.8. The van der Waals surface area contributed by atoms with Crippen molar-refractivity contribution < 1.29 is 18.0 Å². The first-order chi connectivity index (χ1) is 21.9. The summed E-state index contributed by atoms with van der Waals surface area (Å²) in [5, 5.41) is 6.25. The maximum Gasteiger partial charge on any atom is 0.418 e. The van der Waals surface area contributed by atoms with Crippen LogP contribution in [-0.4, -0.2) is 35.0 Å². The number of imidazole rings is 1. The van der Waals surface area contributed by atoms with Gasteiger partial charge in [-0.25, -0.2) is 15.0 Å². The van der Waals surface area contributed by atoms with E-state index >= 15 is 0 Å². The monoisotopic (exact) mass is 624 g/mol. The highest BCUT2D eigenvalue weighted by molar-refractivity contribution is 6.05. The number of amides is 1. The van der Waals surface area contributed by atoms with E-state index in [-0.39, 0.29) is 28.3 Å². The summed E-state index contributed by atoms with van der Waals surface area (Å²) in [6, 6.07) is 13.9. The third-order valence-electron chi connectivity index (χ3n) is 7.47. The summed E-state index contributed by atoms with van der Waals surface area (Å²) in [4.78, 5) is 43.6. The van der Waals surface area contributed by atoms with Gasteiger partial charge in [-0.2, -0.15) is 13.2 Å². The molecule has 13 heteroatoms. The lowest BCUT2D eigenvalue weighted by molar-refractivity contribution is -0.137. The molecule has 0 aliphatic rings. The number of aryl methyl sites for hydroxylation is 3. The van der Waals surface area contributed by atoms with Crippen LogP contribution in [-0.2, 0) is 13.2 Å². The molecule has 0 saturated heterocycles. The maximum atomic E-state index is 14.0. The number of hydrogen-bond acceptors (Lipinski definition) is 7. The molecule has 0 aliphatic heterocycles. The van der Waals surface area contributed by atoms with E-state index < -0.39 is 17.6 Å². The summed E-state index contributed by atoms with van der Waals surface area (Å²) in [6.45, 7) is 5.39. The SMILES string of the molecule is Cc1ccc(Nc2ncc3cc(-c4cc(NC(=O)c5ccc(-n6cnc(C)c6)c(C(F)(F)F)c5)ccc4C)n(C)c(=O)c3n2)cn1. The number of carbonyl (C=O) groups excluding carboxylic acids is 1. The van der Waals surface area contributed by atoms with Crippen LogP contribution in [0.15, 0.2) is 84.3 Å². The first-order valence-corrected chi connectivity index (χ1v) is 14.1. The maximum absolute atomic E-state index is 14.0. The van der Waals surface area contributed by atoms with Crippen molar-refractivity contribution >= 4 is 34.1 Å². The molecule has 6 aromatic rings. The van der Waals surface area contributed by atoms with Crippen LogP contribution in [0.5, 0.6) is 0 Å². The average Bonchev–Trinajstić information content (AvgIpc) is 3.46. The third-order valence-corrected chi connectivity index (χ3v) is 7.47. The Morgan fingerprint density at radius 2 is 1.65 bits per heavy atom. The Kier molecular flexibility index (Phi) is 7.60. The molecular weight excluding hydrogens is 597 g/mol. The molecule has 0 spiro atoms. The number of pyridine rings is 2. The van der Waals surface area contributed by atoms with E-state index in [1.54, 1.807) is 50.6 Å². The molecule has 0 aliphatic carbocycles. The van der Waals surface area contributed by atoms with E-state index in [0.717, 1.165) is 17.3 Å². The fourth-order valence-corrected chi connectivity index (χ4v) is 5.03. The predicted octanol–water partition coefficient (Wildman–Crippen LogP) is 6.52. The van der Waals surface area contributed by atoms with Gasteiger partial charge in [0.2, 0.25) is 5.95 Å². The summed E-state index contributed by atoms with van der Waals surface area (Å²) >= 11 is 0. The van der Waals surface area contributed by atoms with E-state index in [1.807, 2.05) is 26.0 Å². The van der Waals surface area contributed by atoms with Crippen molar-refractivity contribution in [1.82, 2.24) is 29.1 Å². The number of fused-ring (bicyclic) bond motifs is 1. The molecule has 2 N–H and O–H groups in total. The molecule has 0 fully saturated rings. The second-order valence-electron chi connectivity index (χ2n) is 10.8. The molecule has 4 aromatic heterocycles. The Labute approximate surface area is 260 Å². The van der Waals surface area contributed by atoms with Crippen LogP contribution in [0.2, 0.25) is 0 Å². The highest BCUT2D eigenvalue weighted by Gasteiger charge is 2.35. The number of alkyl halides is 3. The van der Waals surface area contributed by atoms with Crippen molar-refractivity contribution in [3.05, 3.63) is 118 Å². The number of halogens is 3. The number of anilines is 3. The lowest BCUT2D eigenvalue weighted by Gasteiger charge is -2.16. The fourth-order valence-electron chi connectivity index (χ4n) is 5.03. The first-order valence-electron chi connectivity index (χ1n) is 14.1. The molecule has 232 valence electrons. The van der Waals surface area contributed by atoms with Crippen molar-refractivity contribution in [2.45, 2.75) is 26.9 Å². The Balaban J connectivity index is 1.30. The van der Waals surface area contributed by atoms with Crippen LogP contribution in [0.4, 0.5) is 30.5 Å². The highest BCUT2D eigenvalue weighted by atomic mass is 19.4. The minimum Gasteiger partial charge on any atom is -0.323 e. The van der Waals surface area contributed by atoms with Gasteiger partial charge in [-0.05, 0) is 74.9 Å². The van der Waals surface area contributed by atoms with E-state index in [2.05, 4.69) is 30.6 Å². The van der Waals surface area contributed by atoms with Crippen LogP contribution < -0.4 is 16.2 Å². The van der Waals surface area contributed by atoms with Gasteiger partial charge in [-0.3, -0.25) is 14.6 Å². The van der Waals surface area contributed by atoms with Crippen molar-refractivity contribution in [2.24, 2.45) is 7.05 Å². The summed E-state index contributed by atoms with van der Waals surface area (Å²) in [5.41, 5.74) is 2.97. The highest BCUT2D eigenvalue weighted by Crippen LogP contribution is 2.35. The molecule has 10 nitrogen and oxygen atoms in total. The standard InChI is InChI=1S/C33H27F3N8O2/c1-18-5-8-23(40-30(45)21-7-10-27(26(11-21)33(34,35)36)44-16-20(3)39-17-44)13-25(18)28-12-22-14-38-32(42-29(22)31(46)43(28)4)41-24-9-6-19(2)37-15-24/h5-17H,1-4H3,(H,40,45)(H,38,41,42). The van der Waals surface area contributed by atoms with Crippen LogP contribution in [0.25, 0.3) is 27.8 Å². The van der Waals surface area contributed by atoms with E-state index in [9.17, 15) is 22.8 Å². The second kappa shape index (κ2) is 11.6. The van der Waals surface area contributed by atoms with Crippen LogP contribution in [0, 0.1) is 20.8 Å². The number of rotatable bonds is 6. The van der Waals surface area contributed by atoms with Crippen molar-refractivity contribution in [3.63, 3.8) is 0 Å². The summed E-state index contributed by atoms with van der Waals surface area (Å²) in [5.74, 6) is -0.482. The molecule has 4 heterocycles. The van der Waals surface area contributed by atoms with Crippen molar-refractivity contribution in [2.75, 3.05) is 10.6 Å². The number of carbonyl (C=O) groups is 1. The summed E-state index contributed by atoms with van der Waals surface area (Å²) in [7, 11) is 1.61. The summed E-state index contributed by atoms with van der Waals surface area (Å²) < 4.78 is 44.7. The summed E-state index contributed by atoms with van der Waals surface area (Å²) in [6.07, 6.45) is 1.25. The van der Waals surface area contributed by atoms with Crippen molar-refractivity contribution in [3.8, 4) is 16.9 Å². The lowest BCUT2D eigenvalue weighted by atomic mass is 10.0. The lowest BCUT2D eigenvalue weighted by Crippen LogP contribution is -2.20. The molecule has 1 amide bonds. The Morgan fingerprint density at radius 3 is 2.35 bits per heavy atom. The normalized spacial score (nSPS) is 11.5. The van der Waals surface area contributed by atoms with E-state index in [0.29, 0.717) is 33.7 Å². The zero-order chi connectivity index (χ0) is 32.7. The predicted molar refractivity (Wildman–Crippen MR) is 168 cm³/mol. The van der Waals surface area contributed by atoms with Gasteiger partial charge in [-0.1, -0.05) is 6.07 Å². The van der Waals surface area contributed by atoms with Gasteiger partial charge >= 0.3 is 6.18 Å². The quantitative estimate of drug-likeness (QED) is 0.217. The molecule has 0 atom stereocenters. The molecule has 0 bridgehead atoms. The zero-order valence-electron chi connectivity index (χ0n) is 25.1. The fraction of sp³-hybridized carbons (Fsp3) is 0.152. The molecule has 0 saturated carbocycles.